The lowest BCUT2D eigenvalue weighted by atomic mass is 10.1. The Morgan fingerprint density at radius 2 is 2.36 bits per heavy atom. The zero-order chi connectivity index (χ0) is 15.7. The lowest BCUT2D eigenvalue weighted by Crippen LogP contribution is -2.29. The molecule has 6 nitrogen and oxygen atoms in total. The van der Waals surface area contributed by atoms with E-state index in [0.29, 0.717) is 18.0 Å². The van der Waals surface area contributed by atoms with Gasteiger partial charge in [0.2, 0.25) is 0 Å². The molecule has 1 aliphatic rings. The Bertz CT molecular complexity index is 687. The van der Waals surface area contributed by atoms with Crippen LogP contribution in [-0.4, -0.2) is 40.4 Å². The molecule has 1 amide bonds. The molecule has 0 unspecified atom stereocenters. The van der Waals surface area contributed by atoms with Crippen LogP contribution in [0.25, 0.3) is 11.0 Å². The number of amides is 1. The van der Waals surface area contributed by atoms with E-state index in [9.17, 15) is 4.79 Å². The molecule has 3 heterocycles. The summed E-state index contributed by atoms with van der Waals surface area (Å²) in [4.78, 5) is 17.1. The highest BCUT2D eigenvalue weighted by atomic mass is 16.5. The molecule has 1 fully saturated rings. The van der Waals surface area contributed by atoms with E-state index in [0.717, 1.165) is 36.4 Å². The van der Waals surface area contributed by atoms with Gasteiger partial charge in [-0.2, -0.15) is 5.10 Å². The normalized spacial score (nSPS) is 18.3. The maximum absolute atomic E-state index is 12.5. The maximum Gasteiger partial charge on any atom is 0.252 e. The first-order chi connectivity index (χ1) is 10.6. The summed E-state index contributed by atoms with van der Waals surface area (Å²) in [6.07, 6.45) is 2.74. The Hall–Kier alpha value is -1.95. The first-order valence-electron chi connectivity index (χ1n) is 7.77. The third-order valence-corrected chi connectivity index (χ3v) is 4.00. The molecule has 0 bridgehead atoms. The fraction of sp³-hybridized carbons (Fsp3) is 0.562. The SMILES string of the molecule is Cc1cc(C(=O)NC[C@H]2CCOC2)c2cnn(C(C)C)c2n1. The van der Waals surface area contributed by atoms with E-state index in [1.807, 2.05) is 17.7 Å². The van der Waals surface area contributed by atoms with Crippen LogP contribution in [-0.2, 0) is 4.74 Å². The van der Waals surface area contributed by atoms with Crippen LogP contribution in [0.1, 0.15) is 42.4 Å². The van der Waals surface area contributed by atoms with E-state index in [-0.39, 0.29) is 11.9 Å². The molecule has 0 spiro atoms. The van der Waals surface area contributed by atoms with Crippen LogP contribution in [0.2, 0.25) is 0 Å². The number of nitrogens with one attached hydrogen (secondary N) is 1. The molecular weight excluding hydrogens is 280 g/mol. The average molecular weight is 302 g/mol. The summed E-state index contributed by atoms with van der Waals surface area (Å²) < 4.78 is 7.19. The minimum Gasteiger partial charge on any atom is -0.381 e. The molecule has 2 aromatic heterocycles. The van der Waals surface area contributed by atoms with Crippen molar-refractivity contribution in [2.75, 3.05) is 19.8 Å². The molecule has 6 heteroatoms. The van der Waals surface area contributed by atoms with E-state index >= 15 is 0 Å². The van der Waals surface area contributed by atoms with Gasteiger partial charge in [-0.1, -0.05) is 0 Å². The van der Waals surface area contributed by atoms with Gasteiger partial charge in [-0.15, -0.1) is 0 Å². The largest absolute Gasteiger partial charge is 0.381 e. The van der Waals surface area contributed by atoms with Crippen LogP contribution in [0.15, 0.2) is 12.3 Å². The summed E-state index contributed by atoms with van der Waals surface area (Å²) >= 11 is 0. The molecule has 0 saturated carbocycles. The Balaban J connectivity index is 1.87. The van der Waals surface area contributed by atoms with Crippen LogP contribution in [0.5, 0.6) is 0 Å². The first-order valence-corrected chi connectivity index (χ1v) is 7.77. The number of aromatic nitrogens is 3. The summed E-state index contributed by atoms with van der Waals surface area (Å²) in [5.41, 5.74) is 2.24. The number of nitrogens with zero attached hydrogens (tertiary/aromatic N) is 3. The van der Waals surface area contributed by atoms with Crippen LogP contribution in [0.4, 0.5) is 0 Å². The van der Waals surface area contributed by atoms with Crippen molar-refractivity contribution in [2.24, 2.45) is 5.92 Å². The smallest absolute Gasteiger partial charge is 0.252 e. The molecule has 2 aromatic rings. The first kappa shape index (κ1) is 15.0. The Morgan fingerprint density at radius 3 is 3.05 bits per heavy atom. The van der Waals surface area contributed by atoms with Crippen molar-refractivity contribution in [3.05, 3.63) is 23.5 Å². The molecule has 3 rings (SSSR count). The second-order valence-electron chi connectivity index (χ2n) is 6.17. The number of hydrogen-bond donors (Lipinski definition) is 1. The van der Waals surface area contributed by atoms with Crippen LogP contribution >= 0.6 is 0 Å². The number of carbonyl (C=O) groups excluding carboxylic acids is 1. The van der Waals surface area contributed by atoms with Crippen molar-refractivity contribution in [1.82, 2.24) is 20.1 Å². The average Bonchev–Trinajstić information content (AvgIpc) is 3.12. The molecule has 1 saturated heterocycles. The van der Waals surface area contributed by atoms with Gasteiger partial charge in [0.05, 0.1) is 23.8 Å². The lowest BCUT2D eigenvalue weighted by molar-refractivity contribution is 0.0946. The van der Waals surface area contributed by atoms with Gasteiger partial charge < -0.3 is 10.1 Å². The molecule has 0 radical (unpaired) electrons. The topological polar surface area (TPSA) is 69.0 Å². The summed E-state index contributed by atoms with van der Waals surface area (Å²) in [5, 5.41) is 8.19. The monoisotopic (exact) mass is 302 g/mol. The van der Waals surface area contributed by atoms with Gasteiger partial charge in [0.25, 0.3) is 5.91 Å². The second-order valence-corrected chi connectivity index (χ2v) is 6.17. The predicted molar refractivity (Wildman–Crippen MR) is 83.9 cm³/mol. The Labute approximate surface area is 129 Å². The van der Waals surface area contributed by atoms with E-state index in [1.165, 1.54) is 0 Å². The van der Waals surface area contributed by atoms with Gasteiger partial charge >= 0.3 is 0 Å². The van der Waals surface area contributed by atoms with Gasteiger partial charge in [-0.05, 0) is 33.3 Å². The Kier molecular flexibility index (Phi) is 4.11. The highest BCUT2D eigenvalue weighted by Gasteiger charge is 2.19. The van der Waals surface area contributed by atoms with Gasteiger partial charge in [0.1, 0.15) is 0 Å². The highest BCUT2D eigenvalue weighted by Crippen LogP contribution is 2.21. The Morgan fingerprint density at radius 1 is 1.55 bits per heavy atom. The number of hydrogen-bond acceptors (Lipinski definition) is 4. The molecule has 1 atom stereocenters. The molecule has 118 valence electrons. The fourth-order valence-electron chi connectivity index (χ4n) is 2.79. The minimum absolute atomic E-state index is 0.0642. The summed E-state index contributed by atoms with van der Waals surface area (Å²) in [6.45, 7) is 8.18. The zero-order valence-corrected chi connectivity index (χ0v) is 13.3. The standard InChI is InChI=1S/C16H22N4O2/c1-10(2)20-15-14(8-18-20)13(6-11(3)19-15)16(21)17-7-12-4-5-22-9-12/h6,8,10,12H,4-5,7,9H2,1-3H3,(H,17,21)/t12-/m1/s1. The van der Waals surface area contributed by atoms with Crippen molar-refractivity contribution in [1.29, 1.82) is 0 Å². The van der Waals surface area contributed by atoms with Crippen LogP contribution in [0, 0.1) is 12.8 Å². The fourth-order valence-corrected chi connectivity index (χ4v) is 2.79. The molecule has 0 aromatic carbocycles. The van der Waals surface area contributed by atoms with Gasteiger partial charge in [0.15, 0.2) is 5.65 Å². The van der Waals surface area contributed by atoms with E-state index in [1.54, 1.807) is 6.20 Å². The number of aryl methyl sites for hydroxylation is 1. The number of ether oxygens (including phenoxy) is 1. The minimum atomic E-state index is -0.0642. The second kappa shape index (κ2) is 6.04. The molecule has 0 aliphatic carbocycles. The van der Waals surface area contributed by atoms with Gasteiger partial charge in [-0.3, -0.25) is 4.79 Å². The zero-order valence-electron chi connectivity index (χ0n) is 13.3. The number of fused-ring (bicyclic) bond motifs is 1. The van der Waals surface area contributed by atoms with Crippen LogP contribution < -0.4 is 5.32 Å². The number of pyridine rings is 1. The van der Waals surface area contributed by atoms with E-state index in [2.05, 4.69) is 29.2 Å². The van der Waals surface area contributed by atoms with Crippen molar-refractivity contribution in [2.45, 2.75) is 33.2 Å². The van der Waals surface area contributed by atoms with Crippen LogP contribution in [0.3, 0.4) is 0 Å². The number of rotatable bonds is 4. The predicted octanol–water partition coefficient (Wildman–Crippen LogP) is 2.09. The van der Waals surface area contributed by atoms with Crippen molar-refractivity contribution in [3.63, 3.8) is 0 Å². The third-order valence-electron chi connectivity index (χ3n) is 4.00. The van der Waals surface area contributed by atoms with Gasteiger partial charge in [-0.25, -0.2) is 9.67 Å². The van der Waals surface area contributed by atoms with Crippen molar-refractivity contribution >= 4 is 16.9 Å². The maximum atomic E-state index is 12.5. The summed E-state index contributed by atoms with van der Waals surface area (Å²) in [7, 11) is 0. The molecule has 1 N–H and O–H groups in total. The lowest BCUT2D eigenvalue weighted by Gasteiger charge is -2.11. The van der Waals surface area contributed by atoms with Crippen molar-refractivity contribution in [3.8, 4) is 0 Å². The summed E-state index contributed by atoms with van der Waals surface area (Å²) in [5.74, 6) is 0.353. The molecule has 22 heavy (non-hydrogen) atoms. The van der Waals surface area contributed by atoms with E-state index in [4.69, 9.17) is 4.74 Å². The summed E-state index contributed by atoms with van der Waals surface area (Å²) in [6, 6.07) is 2.04. The quantitative estimate of drug-likeness (QED) is 0.939. The van der Waals surface area contributed by atoms with E-state index < -0.39 is 0 Å². The van der Waals surface area contributed by atoms with Crippen molar-refractivity contribution < 1.29 is 9.53 Å². The highest BCUT2D eigenvalue weighted by molar-refractivity contribution is 6.05. The molecular formula is C16H22N4O2. The number of carbonyl (C=O) groups is 1. The molecule has 1 aliphatic heterocycles. The van der Waals surface area contributed by atoms with Gasteiger partial charge in [0, 0.05) is 30.8 Å². The third kappa shape index (κ3) is 2.83.